The number of hydrogen-bond donors (Lipinski definition) is 1. The third kappa shape index (κ3) is 5.43. The van der Waals surface area contributed by atoms with Crippen LogP contribution >= 0.6 is 0 Å². The second kappa shape index (κ2) is 10.2. The molecule has 29 heavy (non-hydrogen) atoms. The Morgan fingerprint density at radius 3 is 2.72 bits per heavy atom. The molecular formula is C24H31NO4. The van der Waals surface area contributed by atoms with Gasteiger partial charge in [0.1, 0.15) is 5.75 Å². The van der Waals surface area contributed by atoms with Crippen LogP contribution in [0.25, 0.3) is 0 Å². The molecular weight excluding hydrogens is 366 g/mol. The summed E-state index contributed by atoms with van der Waals surface area (Å²) in [5, 5.41) is 3.05. The minimum Gasteiger partial charge on any atom is -0.497 e. The number of nitrogens with one attached hydrogen (secondary N) is 1. The van der Waals surface area contributed by atoms with Crippen molar-refractivity contribution in [1.29, 1.82) is 0 Å². The summed E-state index contributed by atoms with van der Waals surface area (Å²) < 4.78 is 16.4. The molecule has 1 aliphatic rings. The molecule has 5 heteroatoms. The summed E-state index contributed by atoms with van der Waals surface area (Å²) in [7, 11) is 3.32. The van der Waals surface area contributed by atoms with Crippen LogP contribution in [0.3, 0.4) is 0 Å². The van der Waals surface area contributed by atoms with Crippen molar-refractivity contribution >= 4 is 5.91 Å². The third-order valence-corrected chi connectivity index (χ3v) is 5.40. The molecule has 1 aliphatic carbocycles. The second-order valence-electron chi connectivity index (χ2n) is 7.47. The predicted molar refractivity (Wildman–Crippen MR) is 114 cm³/mol. The van der Waals surface area contributed by atoms with Crippen LogP contribution in [-0.4, -0.2) is 26.7 Å². The van der Waals surface area contributed by atoms with Crippen LogP contribution in [0.15, 0.2) is 36.4 Å². The van der Waals surface area contributed by atoms with Crippen molar-refractivity contribution in [3.8, 4) is 17.2 Å². The van der Waals surface area contributed by atoms with Gasteiger partial charge in [0.2, 0.25) is 5.91 Å². The predicted octanol–water partition coefficient (Wildman–Crippen LogP) is 4.62. The fraction of sp³-hybridized carbons (Fsp3) is 0.458. The molecule has 0 aromatic heterocycles. The zero-order valence-corrected chi connectivity index (χ0v) is 17.6. The molecule has 2 aromatic rings. The SMILES string of the molecule is CCCOc1ccc(CNC(=O)CC2CCCc3cc(OC)ccc32)cc1OC. The summed E-state index contributed by atoms with van der Waals surface area (Å²) in [6.45, 7) is 3.20. The van der Waals surface area contributed by atoms with Crippen molar-refractivity contribution in [2.75, 3.05) is 20.8 Å². The molecule has 0 radical (unpaired) electrons. The van der Waals surface area contributed by atoms with Gasteiger partial charge in [-0.15, -0.1) is 0 Å². The van der Waals surface area contributed by atoms with Crippen LogP contribution in [-0.2, 0) is 17.8 Å². The van der Waals surface area contributed by atoms with E-state index < -0.39 is 0 Å². The van der Waals surface area contributed by atoms with Crippen LogP contribution in [0.4, 0.5) is 0 Å². The maximum atomic E-state index is 12.6. The van der Waals surface area contributed by atoms with Gasteiger partial charge in [-0.05, 0) is 72.6 Å². The Labute approximate surface area is 173 Å². The first kappa shape index (κ1) is 21.0. The molecule has 0 bridgehead atoms. The number of aryl methyl sites for hydroxylation is 1. The molecule has 0 saturated heterocycles. The van der Waals surface area contributed by atoms with E-state index >= 15 is 0 Å². The Kier molecular flexibility index (Phi) is 7.39. The lowest BCUT2D eigenvalue weighted by molar-refractivity contribution is -0.121. The van der Waals surface area contributed by atoms with Gasteiger partial charge >= 0.3 is 0 Å². The topological polar surface area (TPSA) is 56.8 Å². The largest absolute Gasteiger partial charge is 0.497 e. The molecule has 5 nitrogen and oxygen atoms in total. The van der Waals surface area contributed by atoms with E-state index in [4.69, 9.17) is 14.2 Å². The van der Waals surface area contributed by atoms with Crippen LogP contribution in [0, 0.1) is 0 Å². The summed E-state index contributed by atoms with van der Waals surface area (Å²) in [4.78, 5) is 12.6. The lowest BCUT2D eigenvalue weighted by Crippen LogP contribution is -2.25. The molecule has 2 aromatic carbocycles. The maximum Gasteiger partial charge on any atom is 0.220 e. The number of carbonyl (C=O) groups is 1. The summed E-state index contributed by atoms with van der Waals surface area (Å²) in [5.74, 6) is 2.65. The van der Waals surface area contributed by atoms with E-state index in [1.54, 1.807) is 14.2 Å². The van der Waals surface area contributed by atoms with Crippen LogP contribution in [0.2, 0.25) is 0 Å². The zero-order chi connectivity index (χ0) is 20.6. The van der Waals surface area contributed by atoms with Gasteiger partial charge in [0.25, 0.3) is 0 Å². The summed E-state index contributed by atoms with van der Waals surface area (Å²) in [6, 6.07) is 12.0. The molecule has 0 saturated carbocycles. The van der Waals surface area contributed by atoms with E-state index in [-0.39, 0.29) is 11.8 Å². The quantitative estimate of drug-likeness (QED) is 0.671. The molecule has 0 fully saturated rings. The van der Waals surface area contributed by atoms with Crippen molar-refractivity contribution in [1.82, 2.24) is 5.32 Å². The number of carbonyl (C=O) groups excluding carboxylic acids is 1. The van der Waals surface area contributed by atoms with Gasteiger partial charge in [-0.2, -0.15) is 0 Å². The van der Waals surface area contributed by atoms with E-state index in [0.29, 0.717) is 25.3 Å². The molecule has 156 valence electrons. The van der Waals surface area contributed by atoms with Crippen LogP contribution in [0.1, 0.15) is 55.2 Å². The van der Waals surface area contributed by atoms with Gasteiger partial charge in [0.15, 0.2) is 11.5 Å². The number of hydrogen-bond acceptors (Lipinski definition) is 4. The number of methoxy groups -OCH3 is 2. The Morgan fingerprint density at radius 2 is 1.97 bits per heavy atom. The van der Waals surface area contributed by atoms with Crippen molar-refractivity contribution in [3.63, 3.8) is 0 Å². The molecule has 3 rings (SSSR count). The Bertz CT molecular complexity index is 834. The van der Waals surface area contributed by atoms with Gasteiger partial charge in [-0.1, -0.05) is 19.1 Å². The van der Waals surface area contributed by atoms with Crippen molar-refractivity contribution in [2.45, 2.75) is 51.5 Å². The lowest BCUT2D eigenvalue weighted by atomic mass is 9.81. The normalized spacial score (nSPS) is 15.3. The van der Waals surface area contributed by atoms with Crippen molar-refractivity contribution in [2.24, 2.45) is 0 Å². The number of fused-ring (bicyclic) bond motifs is 1. The third-order valence-electron chi connectivity index (χ3n) is 5.40. The fourth-order valence-electron chi connectivity index (χ4n) is 3.88. The average Bonchev–Trinajstić information content (AvgIpc) is 2.76. The summed E-state index contributed by atoms with van der Waals surface area (Å²) in [6.07, 6.45) is 4.65. The van der Waals surface area contributed by atoms with E-state index in [1.807, 2.05) is 24.3 Å². The lowest BCUT2D eigenvalue weighted by Gasteiger charge is -2.25. The number of rotatable bonds is 9. The molecule has 0 heterocycles. The highest BCUT2D eigenvalue weighted by Gasteiger charge is 2.23. The molecule has 1 N–H and O–H groups in total. The van der Waals surface area contributed by atoms with E-state index in [0.717, 1.165) is 42.7 Å². The first-order valence-electron chi connectivity index (χ1n) is 10.4. The Hall–Kier alpha value is -2.69. The summed E-state index contributed by atoms with van der Waals surface area (Å²) in [5.41, 5.74) is 3.58. The Balaban J connectivity index is 1.58. The van der Waals surface area contributed by atoms with Gasteiger partial charge in [0, 0.05) is 13.0 Å². The minimum absolute atomic E-state index is 0.0731. The number of amides is 1. The average molecular weight is 398 g/mol. The number of benzene rings is 2. The van der Waals surface area contributed by atoms with Gasteiger partial charge in [-0.25, -0.2) is 0 Å². The smallest absolute Gasteiger partial charge is 0.220 e. The van der Waals surface area contributed by atoms with E-state index in [9.17, 15) is 4.79 Å². The molecule has 0 aliphatic heterocycles. The van der Waals surface area contributed by atoms with Crippen LogP contribution in [0.5, 0.6) is 17.2 Å². The maximum absolute atomic E-state index is 12.6. The molecule has 1 atom stereocenters. The number of ether oxygens (including phenoxy) is 3. The van der Waals surface area contributed by atoms with Gasteiger partial charge < -0.3 is 19.5 Å². The monoisotopic (exact) mass is 397 g/mol. The van der Waals surface area contributed by atoms with Crippen LogP contribution < -0.4 is 19.5 Å². The minimum atomic E-state index is 0.0731. The molecule has 0 spiro atoms. The fourth-order valence-corrected chi connectivity index (χ4v) is 3.88. The standard InChI is InChI=1S/C24H31NO4/c1-4-12-29-22-11-8-17(13-23(22)28-3)16-25-24(26)15-19-7-5-6-18-14-20(27-2)9-10-21(18)19/h8-11,13-14,19H,4-7,12,15-16H2,1-3H3,(H,25,26). The zero-order valence-electron chi connectivity index (χ0n) is 17.6. The van der Waals surface area contributed by atoms with Crippen molar-refractivity contribution < 1.29 is 19.0 Å². The first-order chi connectivity index (χ1) is 14.1. The summed E-state index contributed by atoms with van der Waals surface area (Å²) >= 11 is 0. The molecule has 1 unspecified atom stereocenters. The highest BCUT2D eigenvalue weighted by Crippen LogP contribution is 2.36. The van der Waals surface area contributed by atoms with Gasteiger partial charge in [0.05, 0.1) is 20.8 Å². The molecule has 1 amide bonds. The van der Waals surface area contributed by atoms with E-state index in [1.165, 1.54) is 11.1 Å². The first-order valence-corrected chi connectivity index (χ1v) is 10.4. The second-order valence-corrected chi connectivity index (χ2v) is 7.47. The Morgan fingerprint density at radius 1 is 1.10 bits per heavy atom. The highest BCUT2D eigenvalue weighted by atomic mass is 16.5. The highest BCUT2D eigenvalue weighted by molar-refractivity contribution is 5.77. The van der Waals surface area contributed by atoms with E-state index in [2.05, 4.69) is 24.4 Å². The van der Waals surface area contributed by atoms with Crippen molar-refractivity contribution in [3.05, 3.63) is 53.1 Å². The van der Waals surface area contributed by atoms with Gasteiger partial charge in [-0.3, -0.25) is 4.79 Å².